The molecule has 22 heavy (non-hydrogen) atoms. The molecule has 4 fully saturated rings. The van der Waals surface area contributed by atoms with Gasteiger partial charge in [0.15, 0.2) is 0 Å². The predicted molar refractivity (Wildman–Crippen MR) is 84.0 cm³/mol. The molecule has 0 amide bonds. The van der Waals surface area contributed by atoms with Crippen LogP contribution in [0.3, 0.4) is 0 Å². The first-order chi connectivity index (χ1) is 10.5. The van der Waals surface area contributed by atoms with Gasteiger partial charge in [0, 0.05) is 18.4 Å². The molecule has 4 aliphatic rings. The van der Waals surface area contributed by atoms with Crippen LogP contribution < -0.4 is 0 Å². The molecule has 7 atom stereocenters. The molecule has 3 saturated carbocycles. The Kier molecular flexibility index (Phi) is 3.38. The van der Waals surface area contributed by atoms with E-state index >= 15 is 0 Å². The normalized spacial score (nSPS) is 54.1. The fraction of sp³-hybridized carbons (Fsp3) is 0.947. The molecule has 3 heteroatoms. The molecule has 0 aromatic heterocycles. The highest BCUT2D eigenvalue weighted by Crippen LogP contribution is 2.66. The molecule has 2 unspecified atom stereocenters. The van der Waals surface area contributed by atoms with Gasteiger partial charge in [-0.3, -0.25) is 4.79 Å². The number of carbonyl (C=O) groups is 1. The standard InChI is InChI=1S/C19H30O3/c1-18-8-7-16-14(15(18)6-4-13(18)10-20)5-3-12-9-17(21)22-11-19(12,16)2/h12-16,20H,3-11H2,1-2H3/t12?,13?,14-,15-,16+,18+,19-/m0/s1. The van der Waals surface area contributed by atoms with Crippen LogP contribution in [0, 0.1) is 40.4 Å². The zero-order valence-corrected chi connectivity index (χ0v) is 14.0. The topological polar surface area (TPSA) is 46.5 Å². The average molecular weight is 306 g/mol. The Morgan fingerprint density at radius 3 is 2.64 bits per heavy atom. The van der Waals surface area contributed by atoms with E-state index in [0.29, 0.717) is 36.9 Å². The molecular formula is C19H30O3. The number of aliphatic hydroxyl groups excluding tert-OH is 1. The Balaban J connectivity index is 1.62. The Hall–Kier alpha value is -0.570. The number of carbonyl (C=O) groups excluding carboxylic acids is 1. The fourth-order valence-electron chi connectivity index (χ4n) is 7.00. The van der Waals surface area contributed by atoms with Crippen molar-refractivity contribution in [3.63, 3.8) is 0 Å². The van der Waals surface area contributed by atoms with Crippen molar-refractivity contribution in [1.82, 2.24) is 0 Å². The van der Waals surface area contributed by atoms with Crippen molar-refractivity contribution in [2.24, 2.45) is 40.4 Å². The van der Waals surface area contributed by atoms with Gasteiger partial charge in [0.05, 0.1) is 6.61 Å². The van der Waals surface area contributed by atoms with E-state index in [0.717, 1.165) is 17.8 Å². The number of fused-ring (bicyclic) bond motifs is 5. The third-order valence-corrected chi connectivity index (χ3v) is 8.44. The molecule has 124 valence electrons. The van der Waals surface area contributed by atoms with Gasteiger partial charge in [-0.1, -0.05) is 13.8 Å². The first-order valence-electron chi connectivity index (χ1n) is 9.25. The lowest BCUT2D eigenvalue weighted by Crippen LogP contribution is -2.55. The largest absolute Gasteiger partial charge is 0.465 e. The minimum Gasteiger partial charge on any atom is -0.465 e. The first kappa shape index (κ1) is 15.0. The number of aliphatic hydroxyl groups is 1. The number of hydrogen-bond donors (Lipinski definition) is 1. The smallest absolute Gasteiger partial charge is 0.306 e. The van der Waals surface area contributed by atoms with Crippen molar-refractivity contribution in [2.75, 3.05) is 13.2 Å². The van der Waals surface area contributed by atoms with E-state index in [2.05, 4.69) is 13.8 Å². The third kappa shape index (κ3) is 1.87. The van der Waals surface area contributed by atoms with Crippen molar-refractivity contribution in [2.45, 2.75) is 58.8 Å². The highest BCUT2D eigenvalue weighted by atomic mass is 16.5. The molecule has 0 aromatic carbocycles. The van der Waals surface area contributed by atoms with Gasteiger partial charge in [-0.25, -0.2) is 0 Å². The van der Waals surface area contributed by atoms with Crippen molar-refractivity contribution in [1.29, 1.82) is 0 Å². The molecule has 0 radical (unpaired) electrons. The molecule has 1 saturated heterocycles. The second-order valence-corrected chi connectivity index (χ2v) is 9.02. The average Bonchev–Trinajstić information content (AvgIpc) is 2.84. The summed E-state index contributed by atoms with van der Waals surface area (Å²) < 4.78 is 5.50. The SMILES string of the molecule is C[C@]12COC(=O)CC1CC[C@@H]1[C@H]2CC[C@]2(C)C(CO)CC[C@@H]12. The molecule has 0 aromatic rings. The Bertz CT molecular complexity index is 475. The number of esters is 1. The maximum Gasteiger partial charge on any atom is 0.306 e. The van der Waals surface area contributed by atoms with Crippen LogP contribution in [-0.2, 0) is 9.53 Å². The van der Waals surface area contributed by atoms with Gasteiger partial charge in [0.2, 0.25) is 0 Å². The van der Waals surface area contributed by atoms with Crippen LogP contribution in [0.15, 0.2) is 0 Å². The summed E-state index contributed by atoms with van der Waals surface area (Å²) >= 11 is 0. The molecule has 4 rings (SSSR count). The fourth-order valence-corrected chi connectivity index (χ4v) is 7.00. The molecule has 3 aliphatic carbocycles. The molecule has 1 aliphatic heterocycles. The summed E-state index contributed by atoms with van der Waals surface area (Å²) in [5.74, 6) is 3.34. The van der Waals surface area contributed by atoms with Crippen molar-refractivity contribution >= 4 is 5.97 Å². The maximum atomic E-state index is 11.7. The van der Waals surface area contributed by atoms with Crippen LogP contribution in [0.5, 0.6) is 0 Å². The minimum atomic E-state index is 0.0165. The number of rotatable bonds is 1. The van der Waals surface area contributed by atoms with Gasteiger partial charge < -0.3 is 9.84 Å². The zero-order chi connectivity index (χ0) is 15.5. The Labute approximate surface area is 133 Å². The van der Waals surface area contributed by atoms with E-state index < -0.39 is 0 Å². The second kappa shape index (κ2) is 4.96. The molecule has 1 N–H and O–H groups in total. The number of hydrogen-bond acceptors (Lipinski definition) is 3. The summed E-state index contributed by atoms with van der Waals surface area (Å²) in [6.45, 7) is 5.84. The summed E-state index contributed by atoms with van der Waals surface area (Å²) in [7, 11) is 0. The molecule has 3 nitrogen and oxygen atoms in total. The van der Waals surface area contributed by atoms with Gasteiger partial charge in [0.25, 0.3) is 0 Å². The lowest BCUT2D eigenvalue weighted by Gasteiger charge is -2.59. The Morgan fingerprint density at radius 2 is 1.86 bits per heavy atom. The summed E-state index contributed by atoms with van der Waals surface area (Å²) in [6, 6.07) is 0. The van der Waals surface area contributed by atoms with E-state index in [9.17, 15) is 9.90 Å². The van der Waals surface area contributed by atoms with Gasteiger partial charge in [-0.15, -0.1) is 0 Å². The lowest BCUT2D eigenvalue weighted by atomic mass is 9.46. The van der Waals surface area contributed by atoms with Crippen LogP contribution >= 0.6 is 0 Å². The van der Waals surface area contributed by atoms with Gasteiger partial charge in [0.1, 0.15) is 0 Å². The van der Waals surface area contributed by atoms with Crippen molar-refractivity contribution in [3.8, 4) is 0 Å². The quantitative estimate of drug-likeness (QED) is 0.755. The molecular weight excluding hydrogens is 276 g/mol. The second-order valence-electron chi connectivity index (χ2n) is 9.02. The zero-order valence-electron chi connectivity index (χ0n) is 14.0. The number of ether oxygens (including phenoxy) is 1. The van der Waals surface area contributed by atoms with Gasteiger partial charge in [-0.2, -0.15) is 0 Å². The van der Waals surface area contributed by atoms with E-state index in [1.54, 1.807) is 0 Å². The molecule has 0 spiro atoms. The van der Waals surface area contributed by atoms with Gasteiger partial charge in [-0.05, 0) is 73.5 Å². The summed E-state index contributed by atoms with van der Waals surface area (Å²) in [5.41, 5.74) is 0.555. The monoisotopic (exact) mass is 306 g/mol. The van der Waals surface area contributed by atoms with E-state index in [4.69, 9.17) is 4.74 Å². The summed E-state index contributed by atoms with van der Waals surface area (Å²) in [5, 5.41) is 9.78. The van der Waals surface area contributed by atoms with Crippen LogP contribution in [0.4, 0.5) is 0 Å². The van der Waals surface area contributed by atoms with E-state index in [1.807, 2.05) is 0 Å². The minimum absolute atomic E-state index is 0.0165. The van der Waals surface area contributed by atoms with Crippen LogP contribution in [0.1, 0.15) is 58.8 Å². The van der Waals surface area contributed by atoms with Crippen LogP contribution in [0.25, 0.3) is 0 Å². The highest BCUT2D eigenvalue weighted by Gasteiger charge is 2.60. The lowest BCUT2D eigenvalue weighted by molar-refractivity contribution is -0.181. The van der Waals surface area contributed by atoms with Crippen LogP contribution in [-0.4, -0.2) is 24.3 Å². The summed E-state index contributed by atoms with van der Waals surface area (Å²) in [4.78, 5) is 11.7. The molecule has 1 heterocycles. The van der Waals surface area contributed by atoms with Crippen LogP contribution in [0.2, 0.25) is 0 Å². The number of cyclic esters (lactones) is 1. The highest BCUT2D eigenvalue weighted by molar-refractivity contribution is 5.70. The molecule has 0 bridgehead atoms. The van der Waals surface area contributed by atoms with Crippen molar-refractivity contribution < 1.29 is 14.6 Å². The first-order valence-corrected chi connectivity index (χ1v) is 9.25. The Morgan fingerprint density at radius 1 is 1.09 bits per heavy atom. The predicted octanol–water partition coefficient (Wildman–Crippen LogP) is 3.40. The maximum absolute atomic E-state index is 11.7. The third-order valence-electron chi connectivity index (χ3n) is 8.44. The van der Waals surface area contributed by atoms with Gasteiger partial charge >= 0.3 is 5.97 Å². The van der Waals surface area contributed by atoms with E-state index in [-0.39, 0.29) is 11.4 Å². The summed E-state index contributed by atoms with van der Waals surface area (Å²) in [6.07, 6.45) is 8.14. The van der Waals surface area contributed by atoms with E-state index in [1.165, 1.54) is 38.5 Å². The van der Waals surface area contributed by atoms with Crippen molar-refractivity contribution in [3.05, 3.63) is 0 Å².